The summed E-state index contributed by atoms with van der Waals surface area (Å²) in [6, 6.07) is 4.39. The normalized spacial score (nSPS) is 11.3. The van der Waals surface area contributed by atoms with Crippen molar-refractivity contribution >= 4 is 11.6 Å². The molecule has 0 fully saturated rings. The molecule has 0 aliphatic rings. The number of nitrogens with one attached hydrogen (secondary N) is 1. The number of amides is 1. The SMILES string of the molecule is CCC(C)(C)C(=O)Nc1cc(F)ccc1C. The van der Waals surface area contributed by atoms with Crippen molar-refractivity contribution in [3.63, 3.8) is 0 Å². The molecule has 0 atom stereocenters. The molecule has 0 unspecified atom stereocenters. The van der Waals surface area contributed by atoms with Gasteiger partial charge < -0.3 is 5.32 Å². The van der Waals surface area contributed by atoms with Gasteiger partial charge in [0, 0.05) is 11.1 Å². The maximum absolute atomic E-state index is 13.0. The first kappa shape index (κ1) is 12.7. The highest BCUT2D eigenvalue weighted by molar-refractivity contribution is 5.95. The molecule has 0 radical (unpaired) electrons. The third-order valence-electron chi connectivity index (χ3n) is 2.95. The summed E-state index contributed by atoms with van der Waals surface area (Å²) in [7, 11) is 0. The lowest BCUT2D eigenvalue weighted by Crippen LogP contribution is -2.30. The molecule has 2 nitrogen and oxygen atoms in total. The van der Waals surface area contributed by atoms with Gasteiger partial charge in [0.05, 0.1) is 0 Å². The van der Waals surface area contributed by atoms with Crippen LogP contribution in [0.3, 0.4) is 0 Å². The van der Waals surface area contributed by atoms with Crippen LogP contribution in [0.5, 0.6) is 0 Å². The molecular formula is C13H18FNO. The van der Waals surface area contributed by atoms with E-state index in [-0.39, 0.29) is 11.7 Å². The van der Waals surface area contributed by atoms with Crippen LogP contribution in [0.25, 0.3) is 0 Å². The van der Waals surface area contributed by atoms with Gasteiger partial charge in [0.15, 0.2) is 0 Å². The van der Waals surface area contributed by atoms with Crippen molar-refractivity contribution in [2.45, 2.75) is 34.1 Å². The van der Waals surface area contributed by atoms with Gasteiger partial charge in [-0.25, -0.2) is 4.39 Å². The van der Waals surface area contributed by atoms with Crippen LogP contribution < -0.4 is 5.32 Å². The van der Waals surface area contributed by atoms with E-state index in [1.165, 1.54) is 12.1 Å². The Labute approximate surface area is 95.9 Å². The zero-order chi connectivity index (χ0) is 12.3. The molecule has 0 aliphatic heterocycles. The first-order chi connectivity index (χ1) is 7.36. The van der Waals surface area contributed by atoms with Gasteiger partial charge >= 0.3 is 0 Å². The first-order valence-electron chi connectivity index (χ1n) is 5.44. The van der Waals surface area contributed by atoms with Crippen LogP contribution in [-0.4, -0.2) is 5.91 Å². The summed E-state index contributed by atoms with van der Waals surface area (Å²) in [6.07, 6.45) is 0.743. The molecule has 0 bridgehead atoms. The average molecular weight is 223 g/mol. The Morgan fingerprint density at radius 1 is 1.44 bits per heavy atom. The minimum atomic E-state index is -0.432. The standard InChI is InChI=1S/C13H18FNO/c1-5-13(3,4)12(16)15-11-8-10(14)7-6-9(11)2/h6-8H,5H2,1-4H3,(H,15,16). The molecule has 1 N–H and O–H groups in total. The molecule has 1 aromatic rings. The summed E-state index contributed by atoms with van der Waals surface area (Å²) < 4.78 is 13.0. The summed E-state index contributed by atoms with van der Waals surface area (Å²) in [4.78, 5) is 11.9. The van der Waals surface area contributed by atoms with Gasteiger partial charge in [0.2, 0.25) is 5.91 Å². The van der Waals surface area contributed by atoms with Crippen LogP contribution in [0.1, 0.15) is 32.8 Å². The first-order valence-corrected chi connectivity index (χ1v) is 5.44. The molecule has 3 heteroatoms. The number of rotatable bonds is 3. The summed E-state index contributed by atoms with van der Waals surface area (Å²) >= 11 is 0. The molecule has 1 rings (SSSR count). The number of anilines is 1. The summed E-state index contributed by atoms with van der Waals surface area (Å²) in [5.41, 5.74) is 0.979. The van der Waals surface area contributed by atoms with E-state index in [9.17, 15) is 9.18 Å². The number of halogens is 1. The average Bonchev–Trinajstić information content (AvgIpc) is 2.23. The number of hydrogen-bond acceptors (Lipinski definition) is 1. The minimum absolute atomic E-state index is 0.0799. The Morgan fingerprint density at radius 3 is 2.62 bits per heavy atom. The predicted molar refractivity (Wildman–Crippen MR) is 63.8 cm³/mol. The van der Waals surface area contributed by atoms with Crippen molar-refractivity contribution in [3.8, 4) is 0 Å². The van der Waals surface area contributed by atoms with Crippen LogP contribution in [0, 0.1) is 18.2 Å². The van der Waals surface area contributed by atoms with Crippen molar-refractivity contribution in [2.75, 3.05) is 5.32 Å². The topological polar surface area (TPSA) is 29.1 Å². The third kappa shape index (κ3) is 2.81. The van der Waals surface area contributed by atoms with E-state index in [1.807, 2.05) is 27.7 Å². The summed E-state index contributed by atoms with van der Waals surface area (Å²) in [5.74, 6) is -0.418. The van der Waals surface area contributed by atoms with Gasteiger partial charge in [-0.2, -0.15) is 0 Å². The maximum Gasteiger partial charge on any atom is 0.230 e. The highest BCUT2D eigenvalue weighted by atomic mass is 19.1. The van der Waals surface area contributed by atoms with Gasteiger partial charge in [-0.15, -0.1) is 0 Å². The van der Waals surface area contributed by atoms with Crippen molar-refractivity contribution in [1.82, 2.24) is 0 Å². The second-order valence-corrected chi connectivity index (χ2v) is 4.65. The van der Waals surface area contributed by atoms with E-state index in [4.69, 9.17) is 0 Å². The predicted octanol–water partition coefficient (Wildman–Crippen LogP) is 3.51. The highest BCUT2D eigenvalue weighted by Gasteiger charge is 2.25. The van der Waals surface area contributed by atoms with E-state index in [0.717, 1.165) is 12.0 Å². The van der Waals surface area contributed by atoms with E-state index >= 15 is 0 Å². The third-order valence-corrected chi connectivity index (χ3v) is 2.95. The van der Waals surface area contributed by atoms with Crippen LogP contribution in [0.15, 0.2) is 18.2 Å². The second-order valence-electron chi connectivity index (χ2n) is 4.65. The lowest BCUT2D eigenvalue weighted by molar-refractivity contribution is -0.124. The number of carbonyl (C=O) groups is 1. The lowest BCUT2D eigenvalue weighted by Gasteiger charge is -2.22. The molecule has 0 spiro atoms. The number of benzene rings is 1. The fraction of sp³-hybridized carbons (Fsp3) is 0.462. The fourth-order valence-electron chi connectivity index (χ4n) is 1.18. The van der Waals surface area contributed by atoms with E-state index in [0.29, 0.717) is 5.69 Å². The van der Waals surface area contributed by atoms with E-state index in [2.05, 4.69) is 5.32 Å². The van der Waals surface area contributed by atoms with E-state index < -0.39 is 5.41 Å². The molecule has 16 heavy (non-hydrogen) atoms. The van der Waals surface area contributed by atoms with Crippen molar-refractivity contribution in [3.05, 3.63) is 29.6 Å². The Morgan fingerprint density at radius 2 is 2.06 bits per heavy atom. The largest absolute Gasteiger partial charge is 0.325 e. The molecule has 0 heterocycles. The van der Waals surface area contributed by atoms with Crippen LogP contribution in [-0.2, 0) is 4.79 Å². The smallest absolute Gasteiger partial charge is 0.230 e. The molecule has 0 aliphatic carbocycles. The summed E-state index contributed by atoms with van der Waals surface area (Å²) in [5, 5.41) is 2.76. The highest BCUT2D eigenvalue weighted by Crippen LogP contribution is 2.24. The molecule has 1 amide bonds. The number of hydrogen-bond donors (Lipinski definition) is 1. The molecular weight excluding hydrogens is 205 g/mol. The zero-order valence-electron chi connectivity index (χ0n) is 10.2. The van der Waals surface area contributed by atoms with Gasteiger partial charge in [0.25, 0.3) is 0 Å². The Balaban J connectivity index is 2.89. The molecule has 0 saturated heterocycles. The Bertz CT molecular complexity index is 399. The maximum atomic E-state index is 13.0. The van der Waals surface area contributed by atoms with Gasteiger partial charge in [-0.3, -0.25) is 4.79 Å². The fourth-order valence-corrected chi connectivity index (χ4v) is 1.18. The van der Waals surface area contributed by atoms with Gasteiger partial charge in [-0.1, -0.05) is 26.8 Å². The van der Waals surface area contributed by atoms with Crippen molar-refractivity contribution in [2.24, 2.45) is 5.41 Å². The number of carbonyl (C=O) groups excluding carboxylic acids is 1. The molecule has 1 aromatic carbocycles. The van der Waals surface area contributed by atoms with Crippen LogP contribution in [0.2, 0.25) is 0 Å². The quantitative estimate of drug-likeness (QED) is 0.834. The Hall–Kier alpha value is -1.38. The van der Waals surface area contributed by atoms with Crippen LogP contribution in [0.4, 0.5) is 10.1 Å². The van der Waals surface area contributed by atoms with Crippen molar-refractivity contribution < 1.29 is 9.18 Å². The molecule has 0 aromatic heterocycles. The van der Waals surface area contributed by atoms with Crippen molar-refractivity contribution in [1.29, 1.82) is 0 Å². The Kier molecular flexibility index (Phi) is 3.68. The minimum Gasteiger partial charge on any atom is -0.325 e. The van der Waals surface area contributed by atoms with E-state index in [1.54, 1.807) is 6.07 Å². The lowest BCUT2D eigenvalue weighted by atomic mass is 9.89. The zero-order valence-corrected chi connectivity index (χ0v) is 10.2. The second kappa shape index (κ2) is 4.64. The molecule has 88 valence electrons. The monoisotopic (exact) mass is 223 g/mol. The van der Waals surface area contributed by atoms with Gasteiger partial charge in [0.1, 0.15) is 5.82 Å². The van der Waals surface area contributed by atoms with Gasteiger partial charge in [-0.05, 0) is 31.0 Å². The number of aryl methyl sites for hydroxylation is 1. The van der Waals surface area contributed by atoms with Crippen LogP contribution >= 0.6 is 0 Å². The molecule has 0 saturated carbocycles. The summed E-state index contributed by atoms with van der Waals surface area (Å²) in [6.45, 7) is 7.54.